The molecule has 1 fully saturated rings. The van der Waals surface area contributed by atoms with Gasteiger partial charge in [0.25, 0.3) is 11.6 Å². The van der Waals surface area contributed by atoms with Gasteiger partial charge in [-0.2, -0.15) is 5.10 Å². The SMILES string of the molecule is CC1(NC(=O)c2ccn(-c3cccc([N+](=O)[O-])c3)n2)CCCCC1C(=O)O. The second kappa shape index (κ2) is 7.18. The van der Waals surface area contributed by atoms with Gasteiger partial charge in [-0.05, 0) is 31.9 Å². The van der Waals surface area contributed by atoms with E-state index < -0.39 is 28.3 Å². The number of nitro groups is 1. The van der Waals surface area contributed by atoms with Crippen LogP contribution in [0.4, 0.5) is 5.69 Å². The number of aliphatic carboxylic acids is 1. The van der Waals surface area contributed by atoms with Gasteiger partial charge in [-0.3, -0.25) is 19.7 Å². The molecule has 142 valence electrons. The summed E-state index contributed by atoms with van der Waals surface area (Å²) in [5.41, 5.74) is -0.336. The van der Waals surface area contributed by atoms with Crippen molar-refractivity contribution in [1.82, 2.24) is 15.1 Å². The van der Waals surface area contributed by atoms with Crippen molar-refractivity contribution in [3.8, 4) is 5.69 Å². The smallest absolute Gasteiger partial charge is 0.308 e. The summed E-state index contributed by atoms with van der Waals surface area (Å²) in [5, 5.41) is 27.4. The number of carboxylic acids is 1. The molecule has 0 spiro atoms. The van der Waals surface area contributed by atoms with Gasteiger partial charge >= 0.3 is 5.97 Å². The first-order valence-corrected chi connectivity index (χ1v) is 8.66. The van der Waals surface area contributed by atoms with Crippen LogP contribution in [0.25, 0.3) is 5.69 Å². The van der Waals surface area contributed by atoms with Crippen molar-refractivity contribution in [3.63, 3.8) is 0 Å². The Kier molecular flexibility index (Phi) is 4.93. The third-order valence-electron chi connectivity index (χ3n) is 5.03. The van der Waals surface area contributed by atoms with Crippen LogP contribution in [0.1, 0.15) is 43.1 Å². The number of nitrogens with zero attached hydrogens (tertiary/aromatic N) is 3. The molecule has 0 radical (unpaired) electrons. The van der Waals surface area contributed by atoms with Crippen molar-refractivity contribution in [2.45, 2.75) is 38.1 Å². The number of amides is 1. The molecule has 1 heterocycles. The Bertz CT molecular complexity index is 893. The average Bonchev–Trinajstić information content (AvgIpc) is 3.12. The van der Waals surface area contributed by atoms with Crippen LogP contribution in [-0.4, -0.2) is 37.2 Å². The number of non-ortho nitro benzene ring substituents is 1. The Morgan fingerprint density at radius 3 is 2.85 bits per heavy atom. The Morgan fingerprint density at radius 2 is 2.15 bits per heavy atom. The predicted molar refractivity (Wildman–Crippen MR) is 95.7 cm³/mol. The molecule has 2 aromatic rings. The number of aromatic nitrogens is 2. The molecule has 1 aliphatic rings. The highest BCUT2D eigenvalue weighted by Crippen LogP contribution is 2.34. The largest absolute Gasteiger partial charge is 0.481 e. The third-order valence-corrected chi connectivity index (χ3v) is 5.03. The van der Waals surface area contributed by atoms with E-state index in [0.29, 0.717) is 18.5 Å². The summed E-state index contributed by atoms with van der Waals surface area (Å²) in [4.78, 5) is 34.6. The lowest BCUT2D eigenvalue weighted by Gasteiger charge is -2.39. The van der Waals surface area contributed by atoms with E-state index in [1.165, 1.54) is 35.1 Å². The molecular weight excluding hydrogens is 352 g/mol. The highest BCUT2D eigenvalue weighted by atomic mass is 16.6. The number of hydrogen-bond donors (Lipinski definition) is 2. The number of rotatable bonds is 5. The van der Waals surface area contributed by atoms with Crippen LogP contribution in [0.2, 0.25) is 0 Å². The summed E-state index contributed by atoms with van der Waals surface area (Å²) in [6.45, 7) is 1.75. The lowest BCUT2D eigenvalue weighted by Crippen LogP contribution is -2.55. The van der Waals surface area contributed by atoms with E-state index in [9.17, 15) is 24.8 Å². The maximum atomic E-state index is 12.6. The minimum absolute atomic E-state index is 0.0759. The van der Waals surface area contributed by atoms with E-state index in [1.54, 1.807) is 13.0 Å². The van der Waals surface area contributed by atoms with Gasteiger partial charge in [0.05, 0.1) is 22.1 Å². The average molecular weight is 372 g/mol. The van der Waals surface area contributed by atoms with Crippen LogP contribution in [0.5, 0.6) is 0 Å². The Morgan fingerprint density at radius 1 is 1.37 bits per heavy atom. The number of nitrogens with one attached hydrogen (secondary N) is 1. The van der Waals surface area contributed by atoms with Crippen LogP contribution in [0.3, 0.4) is 0 Å². The minimum Gasteiger partial charge on any atom is -0.481 e. The summed E-state index contributed by atoms with van der Waals surface area (Å²) in [5.74, 6) is -2.02. The van der Waals surface area contributed by atoms with Gasteiger partial charge in [-0.1, -0.05) is 18.9 Å². The lowest BCUT2D eigenvalue weighted by molar-refractivity contribution is -0.384. The zero-order chi connectivity index (χ0) is 19.6. The molecule has 2 atom stereocenters. The zero-order valence-electron chi connectivity index (χ0n) is 14.8. The summed E-state index contributed by atoms with van der Waals surface area (Å²) >= 11 is 0. The van der Waals surface area contributed by atoms with Crippen LogP contribution in [0, 0.1) is 16.0 Å². The molecule has 0 aliphatic heterocycles. The standard InChI is InChI=1S/C18H20N4O5/c1-18(9-3-2-7-14(18)17(24)25)19-16(23)15-8-10-21(20-15)12-5-4-6-13(11-12)22(26)27/h4-6,8,10-11,14H,2-3,7,9H2,1H3,(H,19,23)(H,24,25). The summed E-state index contributed by atoms with van der Waals surface area (Å²) in [7, 11) is 0. The number of hydrogen-bond acceptors (Lipinski definition) is 5. The summed E-state index contributed by atoms with van der Waals surface area (Å²) in [6, 6.07) is 7.41. The first-order chi connectivity index (χ1) is 12.8. The number of nitro benzene ring substituents is 1. The van der Waals surface area contributed by atoms with E-state index in [1.807, 2.05) is 0 Å². The Hall–Kier alpha value is -3.23. The van der Waals surface area contributed by atoms with Gasteiger partial charge in [0.1, 0.15) is 0 Å². The van der Waals surface area contributed by atoms with Crippen molar-refractivity contribution >= 4 is 17.6 Å². The minimum atomic E-state index is -0.917. The van der Waals surface area contributed by atoms with E-state index in [0.717, 1.165) is 12.8 Å². The molecule has 1 aromatic carbocycles. The van der Waals surface area contributed by atoms with Crippen molar-refractivity contribution in [2.24, 2.45) is 5.92 Å². The van der Waals surface area contributed by atoms with Crippen LogP contribution < -0.4 is 5.32 Å². The predicted octanol–water partition coefficient (Wildman–Crippen LogP) is 2.54. The van der Waals surface area contributed by atoms with Crippen LogP contribution in [-0.2, 0) is 4.79 Å². The van der Waals surface area contributed by atoms with Gasteiger partial charge in [0.15, 0.2) is 5.69 Å². The first-order valence-electron chi connectivity index (χ1n) is 8.66. The number of carbonyl (C=O) groups is 2. The monoisotopic (exact) mass is 372 g/mol. The van der Waals surface area contributed by atoms with E-state index in [-0.39, 0.29) is 11.4 Å². The van der Waals surface area contributed by atoms with E-state index in [2.05, 4.69) is 10.4 Å². The van der Waals surface area contributed by atoms with Crippen molar-refractivity contribution < 1.29 is 19.6 Å². The molecule has 0 saturated heterocycles. The third kappa shape index (κ3) is 3.81. The molecule has 1 amide bonds. The molecule has 3 rings (SSSR count). The molecule has 2 N–H and O–H groups in total. The number of carbonyl (C=O) groups excluding carboxylic acids is 1. The summed E-state index contributed by atoms with van der Waals surface area (Å²) < 4.78 is 1.37. The van der Waals surface area contributed by atoms with E-state index >= 15 is 0 Å². The van der Waals surface area contributed by atoms with Gasteiger partial charge in [0.2, 0.25) is 0 Å². The van der Waals surface area contributed by atoms with Gasteiger partial charge in [-0.25, -0.2) is 4.68 Å². The number of benzene rings is 1. The maximum Gasteiger partial charge on any atom is 0.308 e. The quantitative estimate of drug-likeness (QED) is 0.613. The first kappa shape index (κ1) is 18.6. The van der Waals surface area contributed by atoms with Crippen molar-refractivity contribution in [1.29, 1.82) is 0 Å². The van der Waals surface area contributed by atoms with Gasteiger partial charge in [-0.15, -0.1) is 0 Å². The Labute approximate surface area is 155 Å². The maximum absolute atomic E-state index is 12.6. The second-order valence-corrected chi connectivity index (χ2v) is 6.93. The van der Waals surface area contributed by atoms with Crippen LogP contribution in [0.15, 0.2) is 36.5 Å². The lowest BCUT2D eigenvalue weighted by atomic mass is 9.74. The second-order valence-electron chi connectivity index (χ2n) is 6.93. The number of carboxylic acid groups (broad SMARTS) is 1. The molecule has 1 saturated carbocycles. The fourth-order valence-corrected chi connectivity index (χ4v) is 3.54. The molecule has 0 bridgehead atoms. The van der Waals surface area contributed by atoms with Gasteiger partial charge < -0.3 is 10.4 Å². The molecule has 9 nitrogen and oxygen atoms in total. The molecule has 1 aromatic heterocycles. The van der Waals surface area contributed by atoms with Crippen LogP contribution >= 0.6 is 0 Å². The molecule has 27 heavy (non-hydrogen) atoms. The fraction of sp³-hybridized carbons (Fsp3) is 0.389. The molecule has 1 aliphatic carbocycles. The van der Waals surface area contributed by atoms with Crippen molar-refractivity contribution in [2.75, 3.05) is 0 Å². The van der Waals surface area contributed by atoms with E-state index in [4.69, 9.17) is 0 Å². The van der Waals surface area contributed by atoms with Crippen molar-refractivity contribution in [3.05, 3.63) is 52.3 Å². The molecular formula is C18H20N4O5. The fourth-order valence-electron chi connectivity index (χ4n) is 3.54. The van der Waals surface area contributed by atoms with Gasteiger partial charge in [0, 0.05) is 18.3 Å². The normalized spacial score (nSPS) is 22.2. The highest BCUT2D eigenvalue weighted by Gasteiger charge is 2.42. The summed E-state index contributed by atoms with van der Waals surface area (Å²) in [6.07, 6.45) is 4.31. The highest BCUT2D eigenvalue weighted by molar-refractivity contribution is 5.93. The Balaban J connectivity index is 1.80. The zero-order valence-corrected chi connectivity index (χ0v) is 14.8. The molecule has 2 unspecified atom stereocenters. The molecule has 9 heteroatoms. The topological polar surface area (TPSA) is 127 Å².